The smallest absolute Gasteiger partial charge is 0.324 e. The maximum absolute atomic E-state index is 11.5. The summed E-state index contributed by atoms with van der Waals surface area (Å²) >= 11 is 0. The van der Waals surface area contributed by atoms with Crippen molar-refractivity contribution >= 4 is 11.9 Å². The molecule has 0 spiro atoms. The summed E-state index contributed by atoms with van der Waals surface area (Å²) in [4.78, 5) is 24.3. The van der Waals surface area contributed by atoms with Crippen LogP contribution in [0.4, 0.5) is 4.79 Å². The largest absolute Gasteiger partial charge is 0.381 e. The molecule has 2 unspecified atom stereocenters. The Labute approximate surface area is 88.8 Å². The lowest BCUT2D eigenvalue weighted by molar-refractivity contribution is -0.149. The normalized spacial score (nSPS) is 33.9. The molecule has 5 nitrogen and oxygen atoms in total. The minimum atomic E-state index is -0.271. The van der Waals surface area contributed by atoms with Crippen molar-refractivity contribution in [3.05, 3.63) is 0 Å². The molecule has 15 heavy (non-hydrogen) atoms. The van der Waals surface area contributed by atoms with Crippen molar-refractivity contribution in [1.29, 1.82) is 0 Å². The summed E-state index contributed by atoms with van der Waals surface area (Å²) in [6, 6.07) is -0.301. The Morgan fingerprint density at radius 2 is 2.13 bits per heavy atom. The number of urea groups is 1. The summed E-state index contributed by atoms with van der Waals surface area (Å²) in [5, 5.41) is 2.54. The zero-order chi connectivity index (χ0) is 11.2. The van der Waals surface area contributed by atoms with Gasteiger partial charge in [0.25, 0.3) is 0 Å². The van der Waals surface area contributed by atoms with Gasteiger partial charge in [-0.15, -0.1) is 0 Å². The van der Waals surface area contributed by atoms with E-state index in [4.69, 9.17) is 4.74 Å². The number of carbonyl (C=O) groups is 2. The van der Waals surface area contributed by atoms with Crippen LogP contribution in [0.3, 0.4) is 0 Å². The quantitative estimate of drug-likeness (QED) is 0.672. The Balaban J connectivity index is 2.14. The van der Waals surface area contributed by atoms with E-state index < -0.39 is 0 Å². The number of nitrogens with zero attached hydrogens (tertiary/aromatic N) is 1. The maximum Gasteiger partial charge on any atom is 0.324 e. The summed E-state index contributed by atoms with van der Waals surface area (Å²) in [6.45, 7) is 4.17. The lowest BCUT2D eigenvalue weighted by Crippen LogP contribution is -2.63. The van der Waals surface area contributed by atoms with Gasteiger partial charge in [-0.1, -0.05) is 13.8 Å². The van der Waals surface area contributed by atoms with Crippen LogP contribution in [0.2, 0.25) is 0 Å². The first-order chi connectivity index (χ1) is 6.98. The molecule has 1 aliphatic carbocycles. The van der Waals surface area contributed by atoms with Crippen LogP contribution in [0.15, 0.2) is 0 Å². The molecule has 2 rings (SSSR count). The van der Waals surface area contributed by atoms with Crippen molar-refractivity contribution in [2.24, 2.45) is 5.41 Å². The Morgan fingerprint density at radius 3 is 2.53 bits per heavy atom. The van der Waals surface area contributed by atoms with Gasteiger partial charge in [0.2, 0.25) is 5.91 Å². The van der Waals surface area contributed by atoms with Crippen LogP contribution in [0.25, 0.3) is 0 Å². The van der Waals surface area contributed by atoms with Gasteiger partial charge in [-0.2, -0.15) is 0 Å². The highest BCUT2D eigenvalue weighted by Crippen LogP contribution is 2.45. The molecule has 2 atom stereocenters. The predicted octanol–water partition coefficient (Wildman–Crippen LogP) is 0.352. The molecular weight excluding hydrogens is 196 g/mol. The lowest BCUT2D eigenvalue weighted by Gasteiger charge is -2.53. The number of amides is 3. The summed E-state index contributed by atoms with van der Waals surface area (Å²) < 4.78 is 5.29. The molecule has 3 amide bonds. The second kappa shape index (κ2) is 3.20. The second-order valence-corrected chi connectivity index (χ2v) is 4.72. The Bertz CT molecular complexity index is 298. The molecule has 0 aromatic carbocycles. The van der Waals surface area contributed by atoms with E-state index in [2.05, 4.69) is 5.32 Å². The van der Waals surface area contributed by atoms with Gasteiger partial charge in [-0.25, -0.2) is 4.79 Å². The standard InChI is InChI=1S/C10H16N2O3/c1-10(2)6(4-7(10)15-3)12-8(13)5-11-9(12)14/h6-7H,4-5H2,1-3H3,(H,11,14). The van der Waals surface area contributed by atoms with Crippen molar-refractivity contribution in [3.8, 4) is 0 Å². The van der Waals surface area contributed by atoms with E-state index in [0.717, 1.165) is 6.42 Å². The molecule has 1 aliphatic heterocycles. The van der Waals surface area contributed by atoms with Crippen molar-refractivity contribution < 1.29 is 14.3 Å². The van der Waals surface area contributed by atoms with E-state index in [1.54, 1.807) is 7.11 Å². The molecule has 0 aromatic rings. The average Bonchev–Trinajstić information content (AvgIpc) is 2.48. The van der Waals surface area contributed by atoms with Gasteiger partial charge in [0.15, 0.2) is 0 Å². The van der Waals surface area contributed by atoms with Crippen molar-refractivity contribution in [2.45, 2.75) is 32.4 Å². The zero-order valence-corrected chi connectivity index (χ0v) is 9.24. The average molecular weight is 212 g/mol. The van der Waals surface area contributed by atoms with Gasteiger partial charge < -0.3 is 10.1 Å². The molecule has 0 bridgehead atoms. The number of hydrogen-bond acceptors (Lipinski definition) is 3. The van der Waals surface area contributed by atoms with E-state index in [1.807, 2.05) is 13.8 Å². The fourth-order valence-electron chi connectivity index (χ4n) is 2.45. The van der Waals surface area contributed by atoms with Gasteiger partial charge in [0, 0.05) is 12.5 Å². The number of imide groups is 1. The van der Waals surface area contributed by atoms with Crippen LogP contribution < -0.4 is 5.32 Å². The molecule has 0 aromatic heterocycles. The summed E-state index contributed by atoms with van der Waals surface area (Å²) in [5.41, 5.74) is -0.147. The number of carbonyl (C=O) groups excluding carboxylic acids is 2. The zero-order valence-electron chi connectivity index (χ0n) is 9.24. The molecule has 2 fully saturated rings. The van der Waals surface area contributed by atoms with Gasteiger partial charge in [-0.05, 0) is 6.42 Å². The first-order valence-electron chi connectivity index (χ1n) is 5.11. The Kier molecular flexibility index (Phi) is 2.22. The first-order valence-corrected chi connectivity index (χ1v) is 5.11. The van der Waals surface area contributed by atoms with Crippen molar-refractivity contribution in [1.82, 2.24) is 10.2 Å². The molecule has 2 aliphatic rings. The van der Waals surface area contributed by atoms with E-state index in [0.29, 0.717) is 0 Å². The SMILES string of the molecule is COC1CC(N2C(=O)CNC2=O)C1(C)C. The highest BCUT2D eigenvalue weighted by molar-refractivity contribution is 6.02. The molecular formula is C10H16N2O3. The van der Waals surface area contributed by atoms with Crippen LogP contribution in [-0.4, -0.2) is 42.6 Å². The summed E-state index contributed by atoms with van der Waals surface area (Å²) in [7, 11) is 1.66. The Morgan fingerprint density at radius 1 is 1.47 bits per heavy atom. The minimum absolute atomic E-state index is 0.0301. The predicted molar refractivity (Wildman–Crippen MR) is 53.2 cm³/mol. The fourth-order valence-corrected chi connectivity index (χ4v) is 2.45. The molecule has 1 heterocycles. The van der Waals surface area contributed by atoms with E-state index in [1.165, 1.54) is 4.90 Å². The van der Waals surface area contributed by atoms with Crippen molar-refractivity contribution in [2.75, 3.05) is 13.7 Å². The molecule has 1 saturated heterocycles. The van der Waals surface area contributed by atoms with Gasteiger partial charge in [-0.3, -0.25) is 9.69 Å². The number of methoxy groups -OCH3 is 1. The van der Waals surface area contributed by atoms with Gasteiger partial charge >= 0.3 is 6.03 Å². The second-order valence-electron chi connectivity index (χ2n) is 4.72. The third kappa shape index (κ3) is 1.33. The van der Waals surface area contributed by atoms with Gasteiger partial charge in [0.05, 0.1) is 18.7 Å². The summed E-state index contributed by atoms with van der Waals surface area (Å²) in [6.07, 6.45) is 0.867. The maximum atomic E-state index is 11.5. The van der Waals surface area contributed by atoms with Crippen LogP contribution in [0.1, 0.15) is 20.3 Å². The topological polar surface area (TPSA) is 58.6 Å². The molecule has 5 heteroatoms. The third-order valence-corrected chi connectivity index (χ3v) is 3.60. The third-order valence-electron chi connectivity index (χ3n) is 3.60. The highest BCUT2D eigenvalue weighted by Gasteiger charge is 2.55. The van der Waals surface area contributed by atoms with Crippen LogP contribution in [0.5, 0.6) is 0 Å². The molecule has 1 N–H and O–H groups in total. The lowest BCUT2D eigenvalue weighted by atomic mass is 9.64. The first kappa shape index (κ1) is 10.4. The Hall–Kier alpha value is -1.10. The van der Waals surface area contributed by atoms with Crippen molar-refractivity contribution in [3.63, 3.8) is 0 Å². The number of hydrogen-bond donors (Lipinski definition) is 1. The number of rotatable bonds is 2. The summed E-state index contributed by atoms with van der Waals surface area (Å²) in [5.74, 6) is -0.132. The monoisotopic (exact) mass is 212 g/mol. The number of ether oxygens (including phenoxy) is 1. The fraction of sp³-hybridized carbons (Fsp3) is 0.800. The number of nitrogens with one attached hydrogen (secondary N) is 1. The molecule has 0 radical (unpaired) electrons. The van der Waals surface area contributed by atoms with Crippen LogP contribution >= 0.6 is 0 Å². The van der Waals surface area contributed by atoms with E-state index in [-0.39, 0.29) is 36.0 Å². The van der Waals surface area contributed by atoms with Gasteiger partial charge in [0.1, 0.15) is 0 Å². The minimum Gasteiger partial charge on any atom is -0.381 e. The van der Waals surface area contributed by atoms with Crippen LogP contribution in [0, 0.1) is 5.41 Å². The molecule has 84 valence electrons. The molecule has 1 saturated carbocycles. The van der Waals surface area contributed by atoms with E-state index in [9.17, 15) is 9.59 Å². The van der Waals surface area contributed by atoms with Crippen LogP contribution in [-0.2, 0) is 9.53 Å². The highest BCUT2D eigenvalue weighted by atomic mass is 16.5. The van der Waals surface area contributed by atoms with E-state index >= 15 is 0 Å².